The van der Waals surface area contributed by atoms with Gasteiger partial charge in [0.05, 0.1) is 5.60 Å². The van der Waals surface area contributed by atoms with Crippen molar-refractivity contribution in [1.29, 1.82) is 0 Å². The van der Waals surface area contributed by atoms with E-state index in [1.165, 1.54) is 13.1 Å². The standard InChI is InChI=1S/C12H17F3N2O/c1-11(18,4-2-5-12(13,14)15)8-9-3-6-17-10(16)7-9/h3,6-7,18H,2,4-5,8H2,1H3,(H2,16,17). The summed E-state index contributed by atoms with van der Waals surface area (Å²) in [6.07, 6.45) is -3.27. The van der Waals surface area contributed by atoms with Gasteiger partial charge < -0.3 is 10.8 Å². The Balaban J connectivity index is 2.49. The number of aliphatic hydroxyl groups is 1. The fourth-order valence-electron chi connectivity index (χ4n) is 1.80. The maximum absolute atomic E-state index is 12.0. The molecule has 3 N–H and O–H groups in total. The van der Waals surface area contributed by atoms with Crippen LogP contribution in [0.3, 0.4) is 0 Å². The highest BCUT2D eigenvalue weighted by atomic mass is 19.4. The lowest BCUT2D eigenvalue weighted by molar-refractivity contribution is -0.137. The van der Waals surface area contributed by atoms with Gasteiger partial charge in [-0.15, -0.1) is 0 Å². The molecule has 0 aromatic carbocycles. The first-order valence-electron chi connectivity index (χ1n) is 5.67. The molecular weight excluding hydrogens is 245 g/mol. The average molecular weight is 262 g/mol. The Kier molecular flexibility index (Phi) is 4.56. The van der Waals surface area contributed by atoms with Crippen LogP contribution in [0.5, 0.6) is 0 Å². The number of rotatable bonds is 5. The number of nitrogens with zero attached hydrogens (tertiary/aromatic N) is 1. The number of nitrogens with two attached hydrogens (primary N) is 1. The summed E-state index contributed by atoms with van der Waals surface area (Å²) in [5.74, 6) is 0.332. The molecule has 0 saturated carbocycles. The van der Waals surface area contributed by atoms with Gasteiger partial charge in [-0.2, -0.15) is 13.2 Å². The predicted octanol–water partition coefficient (Wildman–Crippen LogP) is 2.69. The molecule has 0 aliphatic heterocycles. The van der Waals surface area contributed by atoms with Crippen LogP contribution in [0.1, 0.15) is 31.7 Å². The van der Waals surface area contributed by atoms with Gasteiger partial charge in [-0.1, -0.05) is 0 Å². The zero-order chi connectivity index (χ0) is 13.8. The van der Waals surface area contributed by atoms with E-state index in [1.54, 1.807) is 12.1 Å². The summed E-state index contributed by atoms with van der Waals surface area (Å²) in [5, 5.41) is 10.0. The van der Waals surface area contributed by atoms with E-state index in [4.69, 9.17) is 5.73 Å². The fourth-order valence-corrected chi connectivity index (χ4v) is 1.80. The van der Waals surface area contributed by atoms with E-state index >= 15 is 0 Å². The molecule has 6 heteroatoms. The second-order valence-corrected chi connectivity index (χ2v) is 4.73. The summed E-state index contributed by atoms with van der Waals surface area (Å²) in [4.78, 5) is 3.81. The molecule has 3 nitrogen and oxygen atoms in total. The maximum atomic E-state index is 12.0. The molecule has 1 unspecified atom stereocenters. The van der Waals surface area contributed by atoms with Crippen molar-refractivity contribution in [1.82, 2.24) is 4.98 Å². The van der Waals surface area contributed by atoms with Crippen LogP contribution in [0.2, 0.25) is 0 Å². The highest BCUT2D eigenvalue weighted by Gasteiger charge is 2.29. The van der Waals surface area contributed by atoms with Crippen LogP contribution >= 0.6 is 0 Å². The van der Waals surface area contributed by atoms with Gasteiger partial charge in [0.15, 0.2) is 0 Å². The van der Waals surface area contributed by atoms with Crippen molar-refractivity contribution >= 4 is 5.82 Å². The minimum atomic E-state index is -4.17. The normalized spacial score (nSPS) is 15.4. The molecule has 102 valence electrons. The number of nitrogen functional groups attached to an aromatic ring is 1. The molecule has 1 aromatic rings. The summed E-state index contributed by atoms with van der Waals surface area (Å²) in [6.45, 7) is 1.53. The second-order valence-electron chi connectivity index (χ2n) is 4.73. The minimum absolute atomic E-state index is 0.0862. The van der Waals surface area contributed by atoms with Gasteiger partial charge >= 0.3 is 6.18 Å². The Bertz CT molecular complexity index is 391. The third kappa shape index (κ3) is 5.86. The van der Waals surface area contributed by atoms with Crippen molar-refractivity contribution in [2.45, 2.75) is 44.4 Å². The van der Waals surface area contributed by atoms with E-state index in [9.17, 15) is 18.3 Å². The number of aromatic nitrogens is 1. The lowest BCUT2D eigenvalue weighted by Crippen LogP contribution is -2.27. The predicted molar refractivity (Wildman–Crippen MR) is 62.9 cm³/mol. The smallest absolute Gasteiger partial charge is 0.389 e. The number of hydrogen-bond donors (Lipinski definition) is 2. The summed E-state index contributed by atoms with van der Waals surface area (Å²) in [6, 6.07) is 3.30. The van der Waals surface area contributed by atoms with Crippen molar-refractivity contribution in [2.24, 2.45) is 0 Å². The lowest BCUT2D eigenvalue weighted by atomic mass is 9.91. The quantitative estimate of drug-likeness (QED) is 0.857. The Labute approximate surface area is 104 Å². The first-order valence-corrected chi connectivity index (χ1v) is 5.67. The topological polar surface area (TPSA) is 59.1 Å². The number of hydrogen-bond acceptors (Lipinski definition) is 3. The molecule has 1 atom stereocenters. The summed E-state index contributed by atoms with van der Waals surface area (Å²) >= 11 is 0. The third-order valence-corrected chi connectivity index (χ3v) is 2.61. The monoisotopic (exact) mass is 262 g/mol. The van der Waals surface area contributed by atoms with Gasteiger partial charge in [-0.05, 0) is 37.5 Å². The van der Waals surface area contributed by atoms with Crippen molar-refractivity contribution in [3.8, 4) is 0 Å². The molecule has 0 saturated heterocycles. The SMILES string of the molecule is CC(O)(CCCC(F)(F)F)Cc1ccnc(N)c1. The minimum Gasteiger partial charge on any atom is -0.390 e. The van der Waals surface area contributed by atoms with E-state index in [2.05, 4.69) is 4.98 Å². The van der Waals surface area contributed by atoms with E-state index in [0.717, 1.165) is 5.56 Å². The molecule has 0 amide bonds. The molecule has 0 aliphatic rings. The zero-order valence-electron chi connectivity index (χ0n) is 10.2. The van der Waals surface area contributed by atoms with Crippen LogP contribution in [0.15, 0.2) is 18.3 Å². The molecular formula is C12H17F3N2O. The molecule has 1 aromatic heterocycles. The van der Waals surface area contributed by atoms with E-state index in [-0.39, 0.29) is 19.3 Å². The largest absolute Gasteiger partial charge is 0.390 e. The van der Waals surface area contributed by atoms with Crippen molar-refractivity contribution in [3.63, 3.8) is 0 Å². The molecule has 0 spiro atoms. The number of alkyl halides is 3. The highest BCUT2D eigenvalue weighted by molar-refractivity contribution is 5.32. The van der Waals surface area contributed by atoms with Crippen LogP contribution in [0.4, 0.5) is 19.0 Å². The summed E-state index contributed by atoms with van der Waals surface area (Å²) in [7, 11) is 0. The number of anilines is 1. The van der Waals surface area contributed by atoms with Gasteiger partial charge in [0.25, 0.3) is 0 Å². The van der Waals surface area contributed by atoms with Crippen molar-refractivity contribution < 1.29 is 18.3 Å². The Morgan fingerprint density at radius 1 is 1.33 bits per heavy atom. The van der Waals surface area contributed by atoms with Gasteiger partial charge in [0, 0.05) is 19.0 Å². The van der Waals surface area contributed by atoms with Crippen molar-refractivity contribution in [2.75, 3.05) is 5.73 Å². The average Bonchev–Trinajstić information content (AvgIpc) is 2.13. The Hall–Kier alpha value is -1.30. The molecule has 1 heterocycles. The summed E-state index contributed by atoms with van der Waals surface area (Å²) in [5.41, 5.74) is 5.09. The molecule has 0 radical (unpaired) electrons. The fraction of sp³-hybridized carbons (Fsp3) is 0.583. The number of halogens is 3. The molecule has 1 rings (SSSR count). The zero-order valence-corrected chi connectivity index (χ0v) is 10.2. The summed E-state index contributed by atoms with van der Waals surface area (Å²) < 4.78 is 36.0. The molecule has 0 fully saturated rings. The molecule has 0 bridgehead atoms. The Morgan fingerprint density at radius 3 is 2.56 bits per heavy atom. The van der Waals surface area contributed by atoms with E-state index in [0.29, 0.717) is 5.82 Å². The van der Waals surface area contributed by atoms with Crippen LogP contribution in [-0.4, -0.2) is 21.9 Å². The first kappa shape index (κ1) is 14.8. The van der Waals surface area contributed by atoms with E-state index in [1.807, 2.05) is 0 Å². The molecule has 0 aliphatic carbocycles. The van der Waals surface area contributed by atoms with Crippen LogP contribution in [-0.2, 0) is 6.42 Å². The second kappa shape index (κ2) is 5.56. The van der Waals surface area contributed by atoms with Crippen molar-refractivity contribution in [3.05, 3.63) is 23.9 Å². The molecule has 18 heavy (non-hydrogen) atoms. The third-order valence-electron chi connectivity index (χ3n) is 2.61. The maximum Gasteiger partial charge on any atom is 0.389 e. The van der Waals surface area contributed by atoms with E-state index < -0.39 is 18.2 Å². The Morgan fingerprint density at radius 2 is 2.00 bits per heavy atom. The number of pyridine rings is 1. The van der Waals surface area contributed by atoms with Gasteiger partial charge in [-0.3, -0.25) is 0 Å². The van der Waals surface area contributed by atoms with Crippen LogP contribution in [0, 0.1) is 0 Å². The lowest BCUT2D eigenvalue weighted by Gasteiger charge is -2.23. The first-order chi connectivity index (χ1) is 8.18. The van der Waals surface area contributed by atoms with Gasteiger partial charge in [-0.25, -0.2) is 4.98 Å². The van der Waals surface area contributed by atoms with Crippen LogP contribution in [0.25, 0.3) is 0 Å². The van der Waals surface area contributed by atoms with Gasteiger partial charge in [0.1, 0.15) is 5.82 Å². The van der Waals surface area contributed by atoms with Gasteiger partial charge in [0.2, 0.25) is 0 Å². The van der Waals surface area contributed by atoms with Crippen LogP contribution < -0.4 is 5.73 Å². The highest BCUT2D eigenvalue weighted by Crippen LogP contribution is 2.26.